The summed E-state index contributed by atoms with van der Waals surface area (Å²) < 4.78 is 5.24. The summed E-state index contributed by atoms with van der Waals surface area (Å²) in [4.78, 5) is 23.2. The van der Waals surface area contributed by atoms with E-state index in [2.05, 4.69) is 5.32 Å². The molecule has 0 spiro atoms. The summed E-state index contributed by atoms with van der Waals surface area (Å²) in [5, 5.41) is 12.6. The topological polar surface area (TPSA) is 75.6 Å². The van der Waals surface area contributed by atoms with E-state index in [0.29, 0.717) is 28.6 Å². The zero-order chi connectivity index (χ0) is 15.4. The quantitative estimate of drug-likeness (QED) is 0.867. The molecule has 114 valence electrons. The second-order valence-corrected chi connectivity index (χ2v) is 5.76. The second-order valence-electron chi connectivity index (χ2n) is 4.88. The van der Waals surface area contributed by atoms with Gasteiger partial charge in [0.2, 0.25) is 5.91 Å². The predicted octanol–water partition coefficient (Wildman–Crippen LogP) is 2.28. The lowest BCUT2D eigenvalue weighted by Crippen LogP contribution is -2.46. The van der Waals surface area contributed by atoms with E-state index in [9.17, 15) is 14.7 Å². The molecule has 1 aliphatic heterocycles. The van der Waals surface area contributed by atoms with Crippen LogP contribution in [0.3, 0.4) is 0 Å². The van der Waals surface area contributed by atoms with E-state index in [1.807, 2.05) is 0 Å². The maximum absolute atomic E-state index is 11.9. The molecular weight excluding hydrogens is 317 g/mol. The van der Waals surface area contributed by atoms with Crippen molar-refractivity contribution < 1.29 is 19.4 Å². The van der Waals surface area contributed by atoms with Crippen molar-refractivity contribution in [3.63, 3.8) is 0 Å². The van der Waals surface area contributed by atoms with E-state index in [1.165, 1.54) is 0 Å². The third kappa shape index (κ3) is 4.59. The average Bonchev–Trinajstić information content (AvgIpc) is 2.90. The van der Waals surface area contributed by atoms with Crippen LogP contribution < -0.4 is 5.32 Å². The number of amides is 1. The molecule has 0 aromatic heterocycles. The Morgan fingerprint density at radius 1 is 1.33 bits per heavy atom. The Hall–Kier alpha value is -1.30. The minimum atomic E-state index is -1.11. The highest BCUT2D eigenvalue weighted by molar-refractivity contribution is 6.34. The highest BCUT2D eigenvalue weighted by Gasteiger charge is 2.28. The van der Waals surface area contributed by atoms with Gasteiger partial charge in [-0.25, -0.2) is 4.79 Å². The standard InChI is InChI=1S/C14H15Cl2NO4/c15-9-4-8(5-10(16)7-9)6-11(14(19)20)17-13(18)12-2-1-3-21-12/h4-5,7,11-12H,1-3,6H2,(H,17,18)(H,19,20). The first-order valence-electron chi connectivity index (χ1n) is 6.55. The van der Waals surface area contributed by atoms with E-state index in [1.54, 1.807) is 18.2 Å². The lowest BCUT2D eigenvalue weighted by Gasteiger charge is -2.17. The van der Waals surface area contributed by atoms with Gasteiger partial charge in [-0.05, 0) is 36.6 Å². The second kappa shape index (κ2) is 7.11. The van der Waals surface area contributed by atoms with Gasteiger partial charge in [0.25, 0.3) is 0 Å². The molecule has 1 heterocycles. The van der Waals surface area contributed by atoms with Crippen molar-refractivity contribution >= 4 is 35.1 Å². The maximum Gasteiger partial charge on any atom is 0.326 e. The molecule has 21 heavy (non-hydrogen) atoms. The first-order valence-corrected chi connectivity index (χ1v) is 7.31. The molecule has 0 radical (unpaired) electrons. The molecule has 7 heteroatoms. The SMILES string of the molecule is O=C(O)C(Cc1cc(Cl)cc(Cl)c1)NC(=O)C1CCCO1. The number of carboxylic acids is 1. The fraction of sp³-hybridized carbons (Fsp3) is 0.429. The maximum atomic E-state index is 11.9. The lowest BCUT2D eigenvalue weighted by molar-refractivity contribution is -0.143. The van der Waals surface area contributed by atoms with Gasteiger partial charge in [-0.2, -0.15) is 0 Å². The summed E-state index contributed by atoms with van der Waals surface area (Å²) in [5.74, 6) is -1.51. The van der Waals surface area contributed by atoms with Crippen LogP contribution in [0.25, 0.3) is 0 Å². The van der Waals surface area contributed by atoms with Crippen LogP contribution in [0.4, 0.5) is 0 Å². The van der Waals surface area contributed by atoms with Crippen molar-refractivity contribution in [3.05, 3.63) is 33.8 Å². The van der Waals surface area contributed by atoms with Gasteiger partial charge in [0.1, 0.15) is 12.1 Å². The van der Waals surface area contributed by atoms with Gasteiger partial charge in [0.05, 0.1) is 0 Å². The van der Waals surface area contributed by atoms with Crippen molar-refractivity contribution in [2.75, 3.05) is 6.61 Å². The first-order chi connectivity index (χ1) is 9.95. The zero-order valence-electron chi connectivity index (χ0n) is 11.1. The van der Waals surface area contributed by atoms with Crippen LogP contribution >= 0.6 is 23.2 Å². The Morgan fingerprint density at radius 2 is 2.00 bits per heavy atom. The number of ether oxygens (including phenoxy) is 1. The van der Waals surface area contributed by atoms with Crippen LogP contribution in [-0.4, -0.2) is 35.7 Å². The number of carbonyl (C=O) groups is 2. The number of halogens is 2. The van der Waals surface area contributed by atoms with Gasteiger partial charge < -0.3 is 15.2 Å². The molecular formula is C14H15Cl2NO4. The number of rotatable bonds is 5. The first kappa shape index (κ1) is 16.1. The van der Waals surface area contributed by atoms with Crippen molar-refractivity contribution in [1.29, 1.82) is 0 Å². The molecule has 2 atom stereocenters. The van der Waals surface area contributed by atoms with Gasteiger partial charge in [0.15, 0.2) is 0 Å². The lowest BCUT2D eigenvalue weighted by atomic mass is 10.1. The molecule has 2 unspecified atom stereocenters. The van der Waals surface area contributed by atoms with Crippen LogP contribution in [0, 0.1) is 0 Å². The minimum Gasteiger partial charge on any atom is -0.480 e. The Bertz CT molecular complexity index is 524. The molecule has 0 saturated carbocycles. The fourth-order valence-corrected chi connectivity index (χ4v) is 2.78. The highest BCUT2D eigenvalue weighted by atomic mass is 35.5. The molecule has 1 aliphatic rings. The van der Waals surface area contributed by atoms with E-state index >= 15 is 0 Å². The molecule has 2 N–H and O–H groups in total. The van der Waals surface area contributed by atoms with Gasteiger partial charge in [-0.1, -0.05) is 23.2 Å². The summed E-state index contributed by atoms with van der Waals surface area (Å²) in [6, 6.07) is 3.77. The normalized spacial score (nSPS) is 19.2. The van der Waals surface area contributed by atoms with Crippen LogP contribution in [0.1, 0.15) is 18.4 Å². The average molecular weight is 332 g/mol. The fourth-order valence-electron chi connectivity index (χ4n) is 2.21. The Morgan fingerprint density at radius 3 is 2.52 bits per heavy atom. The summed E-state index contributed by atoms with van der Waals surface area (Å²) in [7, 11) is 0. The Balaban J connectivity index is 2.04. The molecule has 1 fully saturated rings. The molecule has 2 rings (SSSR count). The molecule has 1 aromatic rings. The number of nitrogens with one attached hydrogen (secondary N) is 1. The number of hydrogen-bond acceptors (Lipinski definition) is 3. The van der Waals surface area contributed by atoms with Gasteiger partial charge in [-0.15, -0.1) is 0 Å². The molecule has 0 bridgehead atoms. The number of benzene rings is 1. The zero-order valence-corrected chi connectivity index (χ0v) is 12.7. The van der Waals surface area contributed by atoms with Crippen LogP contribution in [0.2, 0.25) is 10.0 Å². The van der Waals surface area contributed by atoms with E-state index in [-0.39, 0.29) is 6.42 Å². The summed E-state index contributed by atoms with van der Waals surface area (Å²) in [6.07, 6.45) is 0.962. The van der Waals surface area contributed by atoms with Crippen molar-refractivity contribution in [1.82, 2.24) is 5.32 Å². The van der Waals surface area contributed by atoms with Gasteiger partial charge in [-0.3, -0.25) is 4.79 Å². The monoisotopic (exact) mass is 331 g/mol. The van der Waals surface area contributed by atoms with Crippen LogP contribution in [0.5, 0.6) is 0 Å². The van der Waals surface area contributed by atoms with Crippen LogP contribution in [-0.2, 0) is 20.7 Å². The Labute approximate surface area is 132 Å². The smallest absolute Gasteiger partial charge is 0.326 e. The van der Waals surface area contributed by atoms with Gasteiger partial charge >= 0.3 is 5.97 Å². The van der Waals surface area contributed by atoms with Gasteiger partial charge in [0, 0.05) is 23.1 Å². The molecule has 5 nitrogen and oxygen atoms in total. The Kier molecular flexibility index (Phi) is 5.45. The third-order valence-corrected chi connectivity index (χ3v) is 3.64. The number of hydrogen-bond donors (Lipinski definition) is 2. The van der Waals surface area contributed by atoms with E-state index < -0.39 is 24.0 Å². The summed E-state index contributed by atoms with van der Waals surface area (Å²) >= 11 is 11.8. The number of aliphatic carboxylic acids is 1. The number of carbonyl (C=O) groups excluding carboxylic acids is 1. The summed E-state index contributed by atoms with van der Waals surface area (Å²) in [6.45, 7) is 0.528. The molecule has 1 aromatic carbocycles. The molecule has 0 aliphatic carbocycles. The van der Waals surface area contributed by atoms with E-state index in [0.717, 1.165) is 6.42 Å². The predicted molar refractivity (Wildman–Crippen MR) is 78.7 cm³/mol. The molecule has 1 amide bonds. The van der Waals surface area contributed by atoms with Crippen molar-refractivity contribution in [2.24, 2.45) is 0 Å². The summed E-state index contributed by atoms with van der Waals surface area (Å²) in [5.41, 5.74) is 0.646. The van der Waals surface area contributed by atoms with E-state index in [4.69, 9.17) is 27.9 Å². The minimum absolute atomic E-state index is 0.105. The highest BCUT2D eigenvalue weighted by Crippen LogP contribution is 2.20. The number of carboxylic acid groups (broad SMARTS) is 1. The van der Waals surface area contributed by atoms with Crippen molar-refractivity contribution in [3.8, 4) is 0 Å². The largest absolute Gasteiger partial charge is 0.480 e. The molecule has 1 saturated heterocycles. The van der Waals surface area contributed by atoms with Crippen molar-refractivity contribution in [2.45, 2.75) is 31.4 Å². The van der Waals surface area contributed by atoms with Crippen LogP contribution in [0.15, 0.2) is 18.2 Å². The third-order valence-electron chi connectivity index (χ3n) is 3.20.